The van der Waals surface area contributed by atoms with Crippen LogP contribution in [-0.4, -0.2) is 24.8 Å². The maximum atomic E-state index is 11.7. The Hall–Kier alpha value is -2.14. The molecule has 1 N–H and O–H groups in total. The zero-order chi connectivity index (χ0) is 15.6. The van der Waals surface area contributed by atoms with E-state index in [1.54, 1.807) is 25.8 Å². The molecule has 0 unspecified atom stereocenters. The summed E-state index contributed by atoms with van der Waals surface area (Å²) in [5.74, 6) is 0.0945. The van der Waals surface area contributed by atoms with Crippen LogP contribution in [-0.2, 0) is 0 Å². The van der Waals surface area contributed by atoms with Crippen LogP contribution in [0.1, 0.15) is 25.5 Å². The molecule has 0 amide bonds. The summed E-state index contributed by atoms with van der Waals surface area (Å²) in [5, 5.41) is 10.4. The maximum Gasteiger partial charge on any atom is 0.272 e. The summed E-state index contributed by atoms with van der Waals surface area (Å²) in [6.45, 7) is 3.87. The second kappa shape index (κ2) is 6.10. The Bertz CT molecular complexity index is 673. The Balaban J connectivity index is 2.24. The van der Waals surface area contributed by atoms with Gasteiger partial charge in [-0.15, -0.1) is 0 Å². The first-order valence-corrected chi connectivity index (χ1v) is 6.91. The van der Waals surface area contributed by atoms with Gasteiger partial charge in [-0.3, -0.25) is 9.59 Å². The molecular formula is C16H19NO4. The molecule has 0 aliphatic carbocycles. The molecule has 2 atom stereocenters. The van der Waals surface area contributed by atoms with Crippen LogP contribution in [0.4, 0.5) is 5.69 Å². The number of aliphatic hydroxyl groups is 1. The lowest BCUT2D eigenvalue weighted by Crippen LogP contribution is -2.45. The quantitative estimate of drug-likeness (QED) is 0.810. The average Bonchev–Trinajstić information content (AvgIpc) is 2.53. The molecule has 0 aliphatic rings. The van der Waals surface area contributed by atoms with Crippen molar-refractivity contribution >= 4 is 5.69 Å². The minimum atomic E-state index is -0.768. The third kappa shape index (κ3) is 2.69. The number of ether oxygens (including phenoxy) is 1. The highest BCUT2D eigenvalue weighted by atomic mass is 16.5. The summed E-state index contributed by atoms with van der Waals surface area (Å²) in [4.78, 5) is 24.9. The molecule has 112 valence electrons. The highest BCUT2D eigenvalue weighted by Crippen LogP contribution is 2.28. The van der Waals surface area contributed by atoms with E-state index in [0.29, 0.717) is 6.61 Å². The molecule has 0 radical (unpaired) electrons. The molecule has 5 heteroatoms. The fraction of sp³-hybridized carbons (Fsp3) is 0.375. The smallest absolute Gasteiger partial charge is 0.272 e. The van der Waals surface area contributed by atoms with Crippen molar-refractivity contribution in [3.05, 3.63) is 56.3 Å². The van der Waals surface area contributed by atoms with Crippen molar-refractivity contribution in [1.82, 2.24) is 0 Å². The van der Waals surface area contributed by atoms with E-state index in [0.717, 1.165) is 5.56 Å². The molecular weight excluding hydrogens is 270 g/mol. The summed E-state index contributed by atoms with van der Waals surface area (Å²) in [7, 11) is 1.68. The van der Waals surface area contributed by atoms with E-state index in [4.69, 9.17) is 4.74 Å². The van der Waals surface area contributed by atoms with Gasteiger partial charge in [-0.05, 0) is 19.4 Å². The van der Waals surface area contributed by atoms with Gasteiger partial charge < -0.3 is 14.7 Å². The first-order valence-electron chi connectivity index (χ1n) is 6.91. The number of likely N-dealkylation sites (N-methyl/N-ethyl adjacent to an activating group) is 1. The van der Waals surface area contributed by atoms with Crippen LogP contribution in [0.15, 0.2) is 39.9 Å². The van der Waals surface area contributed by atoms with Gasteiger partial charge in [0.05, 0.1) is 18.8 Å². The summed E-state index contributed by atoms with van der Waals surface area (Å²) in [5.41, 5.74) is -0.161. The third-order valence-corrected chi connectivity index (χ3v) is 3.69. The molecule has 2 aromatic carbocycles. The topological polar surface area (TPSA) is 66.8 Å². The Kier molecular flexibility index (Phi) is 4.43. The van der Waals surface area contributed by atoms with Gasteiger partial charge in [0.15, 0.2) is 5.75 Å². The zero-order valence-electron chi connectivity index (χ0n) is 12.4. The van der Waals surface area contributed by atoms with Gasteiger partial charge in [-0.1, -0.05) is 30.3 Å². The van der Waals surface area contributed by atoms with E-state index in [9.17, 15) is 14.7 Å². The van der Waals surface area contributed by atoms with Crippen LogP contribution >= 0.6 is 0 Å². The van der Waals surface area contributed by atoms with Crippen LogP contribution in [0.2, 0.25) is 0 Å². The normalized spacial score (nSPS) is 13.9. The number of benzene rings is 1. The Morgan fingerprint density at radius 3 is 2.38 bits per heavy atom. The van der Waals surface area contributed by atoms with Gasteiger partial charge in [0.25, 0.3) is 10.9 Å². The predicted octanol–water partition coefficient (Wildman–Crippen LogP) is 1.24. The highest BCUT2D eigenvalue weighted by Gasteiger charge is 2.30. The number of anilines is 1. The Morgan fingerprint density at radius 1 is 1.19 bits per heavy atom. The van der Waals surface area contributed by atoms with Gasteiger partial charge in [0.2, 0.25) is 0 Å². The molecule has 0 fully saturated rings. The second-order valence-electron chi connectivity index (χ2n) is 4.98. The molecule has 0 bridgehead atoms. The minimum Gasteiger partial charge on any atom is -0.488 e. The summed E-state index contributed by atoms with van der Waals surface area (Å²) in [6.07, 6.45) is -0.768. The van der Waals surface area contributed by atoms with E-state index in [-0.39, 0.29) is 17.5 Å². The van der Waals surface area contributed by atoms with E-state index >= 15 is 0 Å². The van der Waals surface area contributed by atoms with Gasteiger partial charge >= 0.3 is 0 Å². The van der Waals surface area contributed by atoms with Gasteiger partial charge in [-0.2, -0.15) is 0 Å². The maximum absolute atomic E-state index is 11.7. The van der Waals surface area contributed by atoms with E-state index in [1.807, 2.05) is 30.3 Å². The minimum absolute atomic E-state index is 0.0945. The number of nitrogens with zero attached hydrogens (tertiary/aromatic N) is 1. The van der Waals surface area contributed by atoms with Crippen molar-refractivity contribution < 1.29 is 9.84 Å². The van der Waals surface area contributed by atoms with Crippen molar-refractivity contribution in [2.24, 2.45) is 0 Å². The molecule has 2 rings (SSSR count). The van der Waals surface area contributed by atoms with Crippen molar-refractivity contribution in [3.8, 4) is 5.75 Å². The monoisotopic (exact) mass is 289 g/mol. The van der Waals surface area contributed by atoms with E-state index in [2.05, 4.69) is 0 Å². The molecule has 0 saturated heterocycles. The van der Waals surface area contributed by atoms with Gasteiger partial charge in [0, 0.05) is 7.05 Å². The average molecular weight is 289 g/mol. The third-order valence-electron chi connectivity index (χ3n) is 3.69. The molecule has 0 heterocycles. The number of aliphatic hydroxyl groups excluding tert-OH is 1. The first-order chi connectivity index (χ1) is 9.99. The van der Waals surface area contributed by atoms with Gasteiger partial charge in [0.1, 0.15) is 5.69 Å². The van der Waals surface area contributed by atoms with E-state index < -0.39 is 17.0 Å². The lowest BCUT2D eigenvalue weighted by Gasteiger charge is -2.32. The standard InChI is InChI=1S/C16H19NO4/c1-4-21-16-12(14(19)15(16)20)17(3)10(2)13(18)11-8-6-5-7-9-11/h5-10,13,18H,4H2,1-3H3/t10-,13-/m0/s1. The molecule has 0 aromatic heterocycles. The molecule has 0 saturated carbocycles. The van der Waals surface area contributed by atoms with Crippen molar-refractivity contribution in [2.45, 2.75) is 26.0 Å². The summed E-state index contributed by atoms with van der Waals surface area (Å²) >= 11 is 0. The zero-order valence-corrected chi connectivity index (χ0v) is 12.4. The van der Waals surface area contributed by atoms with Crippen molar-refractivity contribution in [1.29, 1.82) is 0 Å². The number of hydrogen-bond donors (Lipinski definition) is 1. The molecule has 0 spiro atoms. The summed E-state index contributed by atoms with van der Waals surface area (Å²) in [6, 6.07) is 8.83. The lowest BCUT2D eigenvalue weighted by atomic mass is 10.0. The Morgan fingerprint density at radius 2 is 1.81 bits per heavy atom. The highest BCUT2D eigenvalue weighted by molar-refractivity contribution is 5.64. The number of rotatable bonds is 6. The molecule has 5 nitrogen and oxygen atoms in total. The van der Waals surface area contributed by atoms with E-state index in [1.165, 1.54) is 0 Å². The summed E-state index contributed by atoms with van der Waals surface area (Å²) < 4.78 is 5.22. The molecule has 0 aliphatic heterocycles. The predicted molar refractivity (Wildman–Crippen MR) is 81.8 cm³/mol. The second-order valence-corrected chi connectivity index (χ2v) is 4.98. The van der Waals surface area contributed by atoms with Crippen LogP contribution < -0.4 is 20.5 Å². The van der Waals surface area contributed by atoms with Crippen molar-refractivity contribution in [3.63, 3.8) is 0 Å². The largest absolute Gasteiger partial charge is 0.488 e. The SMILES string of the molecule is CCOc1c(N(C)[C@@H](C)[C@H](O)c2ccccc2)c(=O)c1=O. The fourth-order valence-corrected chi connectivity index (χ4v) is 2.30. The fourth-order valence-electron chi connectivity index (χ4n) is 2.30. The molecule has 2 aromatic rings. The lowest BCUT2D eigenvalue weighted by molar-refractivity contribution is 0.150. The van der Waals surface area contributed by atoms with Crippen LogP contribution in [0.25, 0.3) is 0 Å². The Labute approximate surface area is 123 Å². The van der Waals surface area contributed by atoms with Gasteiger partial charge in [-0.25, -0.2) is 0 Å². The van der Waals surface area contributed by atoms with Crippen LogP contribution in [0.5, 0.6) is 5.75 Å². The molecule has 21 heavy (non-hydrogen) atoms. The van der Waals surface area contributed by atoms with Crippen LogP contribution in [0.3, 0.4) is 0 Å². The van der Waals surface area contributed by atoms with Crippen molar-refractivity contribution in [2.75, 3.05) is 18.6 Å². The van der Waals surface area contributed by atoms with Crippen LogP contribution in [0, 0.1) is 0 Å². The number of hydrogen-bond acceptors (Lipinski definition) is 5. The first kappa shape index (κ1) is 15.3.